The quantitative estimate of drug-likeness (QED) is 0.863. The first kappa shape index (κ1) is 18.8. The molecule has 0 atom stereocenters. The van der Waals surface area contributed by atoms with Gasteiger partial charge in [-0.25, -0.2) is 14.2 Å². The van der Waals surface area contributed by atoms with Crippen LogP contribution in [0.15, 0.2) is 30.3 Å². The molecule has 0 aliphatic carbocycles. The van der Waals surface area contributed by atoms with E-state index >= 15 is 0 Å². The van der Waals surface area contributed by atoms with Gasteiger partial charge in [0.05, 0.1) is 18.8 Å². The van der Waals surface area contributed by atoms with Crippen molar-refractivity contribution in [1.29, 1.82) is 0 Å². The Bertz CT molecular complexity index is 889. The topological polar surface area (TPSA) is 71.5 Å². The minimum atomic E-state index is -0.597. The summed E-state index contributed by atoms with van der Waals surface area (Å²) >= 11 is 0. The normalized spacial score (nSPS) is 13.3. The van der Waals surface area contributed by atoms with Gasteiger partial charge in [-0.2, -0.15) is 0 Å². The molecule has 7 heteroatoms. The number of pyridine rings is 1. The van der Waals surface area contributed by atoms with Gasteiger partial charge >= 0.3 is 6.09 Å². The number of aromatic nitrogens is 1. The van der Waals surface area contributed by atoms with E-state index in [1.165, 1.54) is 19.1 Å². The summed E-state index contributed by atoms with van der Waals surface area (Å²) in [5.74, 6) is -0.178. The highest BCUT2D eigenvalue weighted by atomic mass is 19.1. The molecular formula is C20H22FN3O3. The van der Waals surface area contributed by atoms with Crippen LogP contribution in [0.2, 0.25) is 0 Å². The second kappa shape index (κ2) is 6.98. The molecule has 2 aromatic rings. The highest BCUT2D eigenvalue weighted by molar-refractivity contribution is 5.89. The molecule has 0 spiro atoms. The average molecular weight is 371 g/mol. The van der Waals surface area contributed by atoms with Crippen LogP contribution >= 0.6 is 0 Å². The first-order valence-electron chi connectivity index (χ1n) is 8.66. The van der Waals surface area contributed by atoms with Crippen molar-refractivity contribution in [3.05, 3.63) is 47.4 Å². The molecule has 2 amide bonds. The number of amides is 2. The largest absolute Gasteiger partial charge is 0.444 e. The van der Waals surface area contributed by atoms with Crippen molar-refractivity contribution in [2.45, 2.75) is 46.4 Å². The zero-order chi connectivity index (χ0) is 19.8. The molecule has 0 unspecified atom stereocenters. The predicted molar refractivity (Wildman–Crippen MR) is 99.4 cm³/mol. The Morgan fingerprint density at radius 2 is 1.85 bits per heavy atom. The number of fused-ring (bicyclic) bond motifs is 1. The molecule has 0 saturated carbocycles. The number of anilines is 1. The summed E-state index contributed by atoms with van der Waals surface area (Å²) in [5.41, 5.74) is 2.54. The Balaban J connectivity index is 1.98. The van der Waals surface area contributed by atoms with Crippen molar-refractivity contribution in [2.75, 3.05) is 5.32 Å². The van der Waals surface area contributed by atoms with Crippen molar-refractivity contribution >= 4 is 17.8 Å². The number of halogens is 1. The maximum absolute atomic E-state index is 13.3. The Hall–Kier alpha value is -2.96. The number of hydrogen-bond acceptors (Lipinski definition) is 4. The summed E-state index contributed by atoms with van der Waals surface area (Å²) in [4.78, 5) is 29.9. The molecule has 1 aliphatic heterocycles. The molecule has 142 valence electrons. The van der Waals surface area contributed by atoms with E-state index in [1.54, 1.807) is 23.1 Å². The smallest absolute Gasteiger partial charge is 0.410 e. The van der Waals surface area contributed by atoms with E-state index in [1.807, 2.05) is 20.8 Å². The van der Waals surface area contributed by atoms with Gasteiger partial charge in [0.25, 0.3) is 0 Å². The van der Waals surface area contributed by atoms with Crippen LogP contribution in [-0.2, 0) is 22.6 Å². The van der Waals surface area contributed by atoms with Crippen molar-refractivity contribution in [3.8, 4) is 11.1 Å². The van der Waals surface area contributed by atoms with Crippen LogP contribution in [-0.4, -0.2) is 27.5 Å². The summed E-state index contributed by atoms with van der Waals surface area (Å²) in [6, 6.07) is 7.82. The highest BCUT2D eigenvalue weighted by Crippen LogP contribution is 2.34. The Labute approximate surface area is 157 Å². The standard InChI is InChI=1S/C20H22FN3O3/c1-12(25)22-18-9-15(13-5-7-14(21)8-6-13)16-10-24(11-17(16)23-18)19(26)27-20(2,3)4/h5-9H,10-11H2,1-4H3,(H,22,23,25). The maximum atomic E-state index is 13.3. The number of ether oxygens (including phenoxy) is 1. The highest BCUT2D eigenvalue weighted by Gasteiger charge is 2.31. The van der Waals surface area contributed by atoms with E-state index in [0.29, 0.717) is 18.1 Å². The lowest BCUT2D eigenvalue weighted by molar-refractivity contribution is -0.114. The van der Waals surface area contributed by atoms with Crippen LogP contribution in [0.5, 0.6) is 0 Å². The summed E-state index contributed by atoms with van der Waals surface area (Å²) in [7, 11) is 0. The number of hydrogen-bond donors (Lipinski definition) is 1. The minimum absolute atomic E-state index is 0.241. The van der Waals surface area contributed by atoms with Crippen molar-refractivity contribution in [3.63, 3.8) is 0 Å². The van der Waals surface area contributed by atoms with Gasteiger partial charge in [0, 0.05) is 12.5 Å². The van der Waals surface area contributed by atoms with Gasteiger partial charge in [-0.15, -0.1) is 0 Å². The van der Waals surface area contributed by atoms with Crippen LogP contribution < -0.4 is 5.32 Å². The SMILES string of the molecule is CC(=O)Nc1cc(-c2ccc(F)cc2)c2c(n1)CN(C(=O)OC(C)(C)C)C2. The molecule has 3 rings (SSSR count). The fourth-order valence-corrected chi connectivity index (χ4v) is 2.95. The van der Waals surface area contributed by atoms with Crippen LogP contribution in [0, 0.1) is 5.82 Å². The van der Waals surface area contributed by atoms with Crippen LogP contribution in [0.25, 0.3) is 11.1 Å². The van der Waals surface area contributed by atoms with E-state index in [4.69, 9.17) is 4.74 Å². The Kier molecular flexibility index (Phi) is 4.87. The molecule has 0 bridgehead atoms. The molecule has 1 aromatic heterocycles. The van der Waals surface area contributed by atoms with Gasteiger partial charge in [-0.1, -0.05) is 12.1 Å². The van der Waals surface area contributed by atoms with Gasteiger partial charge < -0.3 is 10.1 Å². The van der Waals surface area contributed by atoms with Gasteiger partial charge in [0.1, 0.15) is 17.2 Å². The average Bonchev–Trinajstić information content (AvgIpc) is 2.97. The van der Waals surface area contributed by atoms with E-state index in [-0.39, 0.29) is 18.3 Å². The molecule has 27 heavy (non-hydrogen) atoms. The van der Waals surface area contributed by atoms with Crippen molar-refractivity contribution in [2.24, 2.45) is 0 Å². The van der Waals surface area contributed by atoms with Gasteiger partial charge in [0.2, 0.25) is 5.91 Å². The summed E-state index contributed by atoms with van der Waals surface area (Å²) < 4.78 is 18.8. The molecule has 0 saturated heterocycles. The van der Waals surface area contributed by atoms with E-state index in [9.17, 15) is 14.0 Å². The first-order valence-corrected chi connectivity index (χ1v) is 8.66. The molecule has 2 heterocycles. The lowest BCUT2D eigenvalue weighted by Gasteiger charge is -2.24. The van der Waals surface area contributed by atoms with Crippen molar-refractivity contribution < 1.29 is 18.7 Å². The maximum Gasteiger partial charge on any atom is 0.410 e. The molecule has 1 aromatic carbocycles. The summed E-state index contributed by atoms with van der Waals surface area (Å²) in [6.07, 6.45) is -0.424. The van der Waals surface area contributed by atoms with E-state index in [0.717, 1.165) is 16.7 Å². The van der Waals surface area contributed by atoms with E-state index in [2.05, 4.69) is 10.3 Å². The van der Waals surface area contributed by atoms with Crippen LogP contribution in [0.1, 0.15) is 39.0 Å². The third-order valence-corrected chi connectivity index (χ3v) is 4.01. The third-order valence-electron chi connectivity index (χ3n) is 4.01. The lowest BCUT2D eigenvalue weighted by atomic mass is 10.00. The summed E-state index contributed by atoms with van der Waals surface area (Å²) in [5, 5.41) is 2.68. The molecular weight excluding hydrogens is 349 g/mol. The number of nitrogens with zero attached hydrogens (tertiary/aromatic N) is 2. The molecule has 1 N–H and O–H groups in total. The molecule has 6 nitrogen and oxygen atoms in total. The molecule has 0 radical (unpaired) electrons. The second-order valence-corrected chi connectivity index (χ2v) is 7.50. The predicted octanol–water partition coefficient (Wildman–Crippen LogP) is 4.10. The fourth-order valence-electron chi connectivity index (χ4n) is 2.95. The fraction of sp³-hybridized carbons (Fsp3) is 0.350. The van der Waals surface area contributed by atoms with Gasteiger partial charge in [-0.05, 0) is 50.1 Å². The zero-order valence-electron chi connectivity index (χ0n) is 15.8. The van der Waals surface area contributed by atoms with E-state index < -0.39 is 11.7 Å². The number of carbonyl (C=O) groups is 2. The number of carbonyl (C=O) groups excluding carboxylic acids is 2. The van der Waals surface area contributed by atoms with Crippen molar-refractivity contribution in [1.82, 2.24) is 9.88 Å². The molecule has 1 aliphatic rings. The zero-order valence-corrected chi connectivity index (χ0v) is 15.8. The minimum Gasteiger partial charge on any atom is -0.444 e. The number of benzene rings is 1. The molecule has 0 fully saturated rings. The van der Waals surface area contributed by atoms with Gasteiger partial charge in [0.15, 0.2) is 0 Å². The third kappa shape index (κ3) is 4.42. The Morgan fingerprint density at radius 3 is 2.44 bits per heavy atom. The van der Waals surface area contributed by atoms with Crippen LogP contribution in [0.4, 0.5) is 15.0 Å². The number of rotatable bonds is 2. The summed E-state index contributed by atoms with van der Waals surface area (Å²) in [6.45, 7) is 7.46. The first-order chi connectivity index (χ1) is 12.6. The monoisotopic (exact) mass is 371 g/mol. The lowest BCUT2D eigenvalue weighted by Crippen LogP contribution is -2.33. The van der Waals surface area contributed by atoms with Crippen LogP contribution in [0.3, 0.4) is 0 Å². The second-order valence-electron chi connectivity index (χ2n) is 7.50. The number of nitrogens with one attached hydrogen (secondary N) is 1. The van der Waals surface area contributed by atoms with Gasteiger partial charge in [-0.3, -0.25) is 9.69 Å². The Morgan fingerprint density at radius 1 is 1.19 bits per heavy atom.